The molecule has 7 nitrogen and oxygen atoms in total. The van der Waals surface area contributed by atoms with Crippen LogP contribution in [0.15, 0.2) is 42.5 Å². The summed E-state index contributed by atoms with van der Waals surface area (Å²) in [4.78, 5) is 30.1. The topological polar surface area (TPSA) is 118 Å². The van der Waals surface area contributed by atoms with Crippen LogP contribution in [0.1, 0.15) is 31.8 Å². The number of hydrogen-bond acceptors (Lipinski definition) is 4. The van der Waals surface area contributed by atoms with Crippen LogP contribution in [-0.4, -0.2) is 27.1 Å². The Labute approximate surface area is 157 Å². The number of nitro groups is 1. The first-order valence-corrected chi connectivity index (χ1v) is 7.14. The van der Waals surface area contributed by atoms with Crippen molar-refractivity contribution in [1.29, 1.82) is 0 Å². The van der Waals surface area contributed by atoms with Crippen LogP contribution in [0.3, 0.4) is 0 Å². The molecule has 2 aromatic carbocycles. The number of hydrogen-bond donors (Lipinski definition) is 2. The lowest BCUT2D eigenvalue weighted by Crippen LogP contribution is -2.13. The number of rotatable bonds is 3. The minimum Gasteiger partial charge on any atom is -0.478 e. The van der Waals surface area contributed by atoms with Crippen LogP contribution in [0.2, 0.25) is 0 Å². The van der Waals surface area contributed by atoms with E-state index in [1.165, 1.54) is 6.07 Å². The van der Waals surface area contributed by atoms with Gasteiger partial charge < -0.3 is 10.2 Å². The van der Waals surface area contributed by atoms with E-state index >= 15 is 0 Å². The zero-order valence-electron chi connectivity index (χ0n) is 13.8. The van der Waals surface area contributed by atoms with Crippen molar-refractivity contribution < 1.29 is 51.1 Å². The maximum Gasteiger partial charge on any atom is 0.417 e. The van der Waals surface area contributed by atoms with Gasteiger partial charge in [-0.2, -0.15) is 26.3 Å². The molecule has 0 aliphatic carbocycles. The number of aromatic carboxylic acids is 2. The van der Waals surface area contributed by atoms with Crippen LogP contribution in [-0.2, 0) is 12.4 Å². The Morgan fingerprint density at radius 2 is 1.24 bits per heavy atom. The largest absolute Gasteiger partial charge is 0.478 e. The van der Waals surface area contributed by atoms with Crippen LogP contribution in [0.4, 0.5) is 32.0 Å². The summed E-state index contributed by atoms with van der Waals surface area (Å²) in [5.41, 5.74) is -5.21. The lowest BCUT2D eigenvalue weighted by molar-refractivity contribution is -0.385. The van der Waals surface area contributed by atoms with E-state index in [1.807, 2.05) is 0 Å². The first-order chi connectivity index (χ1) is 13.2. The van der Waals surface area contributed by atoms with Gasteiger partial charge in [0.25, 0.3) is 5.69 Å². The van der Waals surface area contributed by atoms with Gasteiger partial charge in [-0.3, -0.25) is 10.1 Å². The normalized spacial score (nSPS) is 11.2. The fraction of sp³-hybridized carbons (Fsp3) is 0.125. The van der Waals surface area contributed by atoms with Gasteiger partial charge in [-0.25, -0.2) is 9.59 Å². The van der Waals surface area contributed by atoms with Crippen molar-refractivity contribution >= 4 is 17.6 Å². The Hall–Kier alpha value is -3.64. The van der Waals surface area contributed by atoms with Crippen LogP contribution in [0.25, 0.3) is 0 Å². The number of benzene rings is 2. The molecule has 29 heavy (non-hydrogen) atoms. The van der Waals surface area contributed by atoms with Crippen LogP contribution < -0.4 is 0 Å². The molecular weight excluding hydrogens is 416 g/mol. The molecule has 2 rings (SSSR count). The Morgan fingerprint density at radius 1 is 0.793 bits per heavy atom. The zero-order chi connectivity index (χ0) is 22.6. The van der Waals surface area contributed by atoms with Gasteiger partial charge in [-0.1, -0.05) is 12.1 Å². The average Bonchev–Trinajstić information content (AvgIpc) is 2.60. The molecule has 0 saturated carbocycles. The molecule has 2 aromatic rings. The quantitative estimate of drug-likeness (QED) is 0.418. The molecule has 0 atom stereocenters. The summed E-state index contributed by atoms with van der Waals surface area (Å²) in [6.07, 6.45) is -9.56. The second-order valence-corrected chi connectivity index (χ2v) is 5.14. The van der Waals surface area contributed by atoms with Crippen molar-refractivity contribution in [2.75, 3.05) is 0 Å². The molecule has 2 N–H and O–H groups in total. The number of carbonyl (C=O) groups is 2. The first kappa shape index (κ1) is 23.4. The zero-order valence-corrected chi connectivity index (χ0v) is 13.8. The maximum atomic E-state index is 12.4. The molecule has 13 heteroatoms. The molecule has 0 spiro atoms. The van der Waals surface area contributed by atoms with Gasteiger partial charge in [-0.05, 0) is 18.2 Å². The Bertz CT molecular complexity index is 938. The van der Waals surface area contributed by atoms with Gasteiger partial charge >= 0.3 is 24.3 Å². The summed E-state index contributed by atoms with van der Waals surface area (Å²) in [7, 11) is 0. The SMILES string of the molecule is O=C(O)c1ccc([N+](=O)[O-])cc1C(F)(F)F.O=C(O)c1ccccc1C(F)(F)F. The van der Waals surface area contributed by atoms with Crippen LogP contribution in [0.5, 0.6) is 0 Å². The average molecular weight is 425 g/mol. The molecule has 0 aromatic heterocycles. The summed E-state index contributed by atoms with van der Waals surface area (Å²) in [6, 6.07) is 5.52. The van der Waals surface area contributed by atoms with Gasteiger partial charge in [0.1, 0.15) is 0 Å². The molecule has 0 unspecified atom stereocenters. The highest BCUT2D eigenvalue weighted by Crippen LogP contribution is 2.34. The smallest absolute Gasteiger partial charge is 0.417 e. The third kappa shape index (κ3) is 6.19. The first-order valence-electron chi connectivity index (χ1n) is 7.14. The molecule has 0 amide bonds. The number of non-ortho nitro benzene ring substituents is 1. The Morgan fingerprint density at radius 3 is 1.62 bits per heavy atom. The van der Waals surface area contributed by atoms with Crippen molar-refractivity contribution in [3.8, 4) is 0 Å². The molecule has 0 aliphatic heterocycles. The van der Waals surface area contributed by atoms with Gasteiger partial charge in [0.2, 0.25) is 0 Å². The third-order valence-electron chi connectivity index (χ3n) is 3.21. The highest BCUT2D eigenvalue weighted by atomic mass is 19.4. The minimum atomic E-state index is -4.94. The standard InChI is InChI=1S/C8H4F3NO4.C8H5F3O2/c9-8(10,11)6-3-4(12(15)16)1-2-5(6)7(13)14;9-8(10,11)6-4-2-1-3-5(6)7(12)13/h1-3H,(H,13,14);1-4H,(H,12,13). The molecule has 0 bridgehead atoms. The van der Waals surface area contributed by atoms with Gasteiger partial charge in [0, 0.05) is 12.1 Å². The van der Waals surface area contributed by atoms with Crippen molar-refractivity contribution in [3.05, 3.63) is 74.8 Å². The summed E-state index contributed by atoms with van der Waals surface area (Å²) in [5, 5.41) is 27.2. The predicted molar refractivity (Wildman–Crippen MR) is 83.5 cm³/mol. The van der Waals surface area contributed by atoms with E-state index in [-0.39, 0.29) is 6.07 Å². The van der Waals surface area contributed by atoms with E-state index in [4.69, 9.17) is 10.2 Å². The maximum absolute atomic E-state index is 12.4. The minimum absolute atomic E-state index is 0.198. The fourth-order valence-corrected chi connectivity index (χ4v) is 1.98. The number of halogens is 6. The monoisotopic (exact) mass is 425 g/mol. The van der Waals surface area contributed by atoms with Crippen LogP contribution >= 0.6 is 0 Å². The summed E-state index contributed by atoms with van der Waals surface area (Å²) < 4.78 is 73.5. The second kappa shape index (κ2) is 8.58. The van der Waals surface area contributed by atoms with E-state index in [9.17, 15) is 46.0 Å². The van der Waals surface area contributed by atoms with E-state index in [0.29, 0.717) is 12.1 Å². The van der Waals surface area contributed by atoms with Gasteiger partial charge in [0.15, 0.2) is 0 Å². The van der Waals surface area contributed by atoms with Crippen molar-refractivity contribution in [2.45, 2.75) is 12.4 Å². The highest BCUT2D eigenvalue weighted by molar-refractivity contribution is 5.90. The number of carboxylic acid groups (broad SMARTS) is 2. The predicted octanol–water partition coefficient (Wildman–Crippen LogP) is 4.72. The van der Waals surface area contributed by atoms with E-state index in [1.54, 1.807) is 0 Å². The van der Waals surface area contributed by atoms with Crippen LogP contribution in [0, 0.1) is 10.1 Å². The summed E-state index contributed by atoms with van der Waals surface area (Å²) in [5.74, 6) is -3.37. The Balaban J connectivity index is 0.000000296. The Kier molecular flexibility index (Phi) is 6.92. The lowest BCUT2D eigenvalue weighted by atomic mass is 10.1. The third-order valence-corrected chi connectivity index (χ3v) is 3.21. The summed E-state index contributed by atoms with van der Waals surface area (Å²) in [6.45, 7) is 0. The molecule has 0 saturated heterocycles. The van der Waals surface area contributed by atoms with Crippen molar-refractivity contribution in [1.82, 2.24) is 0 Å². The molecule has 156 valence electrons. The highest BCUT2D eigenvalue weighted by Gasteiger charge is 2.37. The van der Waals surface area contributed by atoms with E-state index in [0.717, 1.165) is 18.2 Å². The van der Waals surface area contributed by atoms with Crippen molar-refractivity contribution in [3.63, 3.8) is 0 Å². The van der Waals surface area contributed by atoms with Gasteiger partial charge in [-0.15, -0.1) is 0 Å². The number of nitrogens with zero attached hydrogens (tertiary/aromatic N) is 1. The fourth-order valence-electron chi connectivity index (χ4n) is 1.98. The molecule has 0 aliphatic rings. The molecular formula is C16H9F6NO6. The molecule has 0 radical (unpaired) electrons. The molecule has 0 heterocycles. The summed E-state index contributed by atoms with van der Waals surface area (Å²) >= 11 is 0. The number of alkyl halides is 6. The second-order valence-electron chi connectivity index (χ2n) is 5.14. The number of nitro benzene ring substituents is 1. The van der Waals surface area contributed by atoms with Gasteiger partial charge in [0.05, 0.1) is 27.2 Å². The van der Waals surface area contributed by atoms with E-state index < -0.39 is 57.2 Å². The molecule has 0 fully saturated rings. The lowest BCUT2D eigenvalue weighted by Gasteiger charge is -2.09. The number of carboxylic acids is 2. The van der Waals surface area contributed by atoms with E-state index in [2.05, 4.69) is 0 Å². The van der Waals surface area contributed by atoms with Crippen molar-refractivity contribution in [2.24, 2.45) is 0 Å².